The summed E-state index contributed by atoms with van der Waals surface area (Å²) in [5.74, 6) is -1.21. The molecule has 1 amide bonds. The quantitative estimate of drug-likeness (QED) is 0.595. The molecule has 1 aromatic rings. The maximum absolute atomic E-state index is 12.8. The Hall–Kier alpha value is -1.57. The Kier molecular flexibility index (Phi) is 3.05. The van der Waals surface area contributed by atoms with Crippen molar-refractivity contribution in [2.24, 2.45) is 0 Å². The Bertz CT molecular complexity index is 603. The van der Waals surface area contributed by atoms with Gasteiger partial charge in [0.2, 0.25) is 11.9 Å². The average Bonchev–Trinajstić information content (AvgIpc) is 2.60. The van der Waals surface area contributed by atoms with E-state index in [-0.39, 0.29) is 6.54 Å². The van der Waals surface area contributed by atoms with Gasteiger partial charge in [0.15, 0.2) is 0 Å². The van der Waals surface area contributed by atoms with Gasteiger partial charge >= 0.3 is 10.2 Å². The van der Waals surface area contributed by atoms with Crippen molar-refractivity contribution in [1.82, 2.24) is 4.98 Å². The molecule has 1 aliphatic heterocycles. The highest BCUT2D eigenvalue weighted by atomic mass is 32.3. The largest absolute Gasteiger partial charge is 0.309 e. The summed E-state index contributed by atoms with van der Waals surface area (Å²) in [7, 11) is -4.75. The van der Waals surface area contributed by atoms with Gasteiger partial charge in [-0.05, 0) is 18.6 Å². The molecular formula is C10H10F2N2O3S. The van der Waals surface area contributed by atoms with Crippen LogP contribution in [0.15, 0.2) is 12.3 Å². The third-order valence-electron chi connectivity index (χ3n) is 2.83. The van der Waals surface area contributed by atoms with Gasteiger partial charge in [0.1, 0.15) is 5.25 Å². The van der Waals surface area contributed by atoms with Crippen LogP contribution in [0.2, 0.25) is 0 Å². The summed E-state index contributed by atoms with van der Waals surface area (Å²) in [4.78, 5) is 16.2. The summed E-state index contributed by atoms with van der Waals surface area (Å²) < 4.78 is 47.2. The summed E-state index contributed by atoms with van der Waals surface area (Å²) in [5, 5.41) is -1.37. The van der Waals surface area contributed by atoms with Crippen molar-refractivity contribution in [3.05, 3.63) is 23.8 Å². The molecule has 0 aromatic carbocycles. The summed E-state index contributed by atoms with van der Waals surface area (Å²) >= 11 is 0. The number of amides is 1. The molecule has 98 valence electrons. The van der Waals surface area contributed by atoms with E-state index in [4.69, 9.17) is 0 Å². The van der Waals surface area contributed by atoms with Crippen molar-refractivity contribution in [2.45, 2.75) is 18.6 Å². The van der Waals surface area contributed by atoms with E-state index in [0.717, 1.165) is 17.2 Å². The van der Waals surface area contributed by atoms with Crippen LogP contribution in [-0.2, 0) is 15.0 Å². The van der Waals surface area contributed by atoms with Crippen molar-refractivity contribution in [2.75, 3.05) is 11.4 Å². The lowest BCUT2D eigenvalue weighted by Gasteiger charge is -2.17. The van der Waals surface area contributed by atoms with Crippen molar-refractivity contribution >= 4 is 21.8 Å². The first-order valence-electron chi connectivity index (χ1n) is 5.15. The van der Waals surface area contributed by atoms with Gasteiger partial charge < -0.3 is 4.90 Å². The summed E-state index contributed by atoms with van der Waals surface area (Å²) in [5.41, 5.74) is 0.736. The van der Waals surface area contributed by atoms with E-state index in [2.05, 4.69) is 4.98 Å². The molecular weight excluding hydrogens is 266 g/mol. The van der Waals surface area contributed by atoms with Gasteiger partial charge in [-0.15, -0.1) is 3.89 Å². The van der Waals surface area contributed by atoms with E-state index < -0.39 is 33.7 Å². The number of anilines is 1. The number of carbonyl (C=O) groups excluding carboxylic acids is 1. The molecule has 0 spiro atoms. The number of nitrogens with zero attached hydrogens (tertiary/aromatic N) is 2. The molecule has 18 heavy (non-hydrogen) atoms. The molecule has 0 radical (unpaired) electrons. The number of halogens is 2. The number of hydrogen-bond acceptors (Lipinski definition) is 4. The Balaban J connectivity index is 2.33. The molecule has 0 N–H and O–H groups in total. The fraction of sp³-hybridized carbons (Fsp3) is 0.400. The van der Waals surface area contributed by atoms with Crippen LogP contribution in [0.4, 0.5) is 14.0 Å². The van der Waals surface area contributed by atoms with E-state index in [1.807, 2.05) is 0 Å². The van der Waals surface area contributed by atoms with Gasteiger partial charge in [0, 0.05) is 13.0 Å². The second-order valence-corrected chi connectivity index (χ2v) is 5.72. The molecule has 2 heterocycles. The zero-order valence-electron chi connectivity index (χ0n) is 9.43. The van der Waals surface area contributed by atoms with Crippen LogP contribution < -0.4 is 4.90 Å². The second-order valence-electron chi connectivity index (χ2n) is 4.10. The molecule has 1 unspecified atom stereocenters. The lowest BCUT2D eigenvalue weighted by atomic mass is 10.2. The fourth-order valence-electron chi connectivity index (χ4n) is 1.89. The topological polar surface area (TPSA) is 67.3 Å². The smallest absolute Gasteiger partial charge is 0.307 e. The second kappa shape index (κ2) is 4.27. The van der Waals surface area contributed by atoms with Gasteiger partial charge in [0.25, 0.3) is 0 Å². The number of carbonyl (C=O) groups is 1. The Labute approximate surface area is 103 Å². The van der Waals surface area contributed by atoms with E-state index in [1.165, 1.54) is 0 Å². The first-order valence-corrected chi connectivity index (χ1v) is 6.59. The van der Waals surface area contributed by atoms with Crippen LogP contribution in [0.25, 0.3) is 0 Å². The van der Waals surface area contributed by atoms with E-state index >= 15 is 0 Å². The molecule has 2 rings (SSSR count). The molecule has 5 nitrogen and oxygen atoms in total. The average molecular weight is 276 g/mol. The summed E-state index contributed by atoms with van der Waals surface area (Å²) in [6.07, 6.45) is 0.728. The van der Waals surface area contributed by atoms with Gasteiger partial charge in [-0.3, -0.25) is 4.79 Å². The molecule has 0 aliphatic carbocycles. The molecule has 1 atom stereocenters. The van der Waals surface area contributed by atoms with Gasteiger partial charge in [-0.25, -0.2) is 4.98 Å². The number of hydrogen-bond donors (Lipinski definition) is 0. The molecule has 1 aromatic heterocycles. The van der Waals surface area contributed by atoms with Crippen molar-refractivity contribution in [3.63, 3.8) is 0 Å². The Morgan fingerprint density at radius 1 is 1.50 bits per heavy atom. The molecule has 1 saturated heterocycles. The lowest BCUT2D eigenvalue weighted by Crippen LogP contribution is -2.27. The zero-order chi connectivity index (χ0) is 13.5. The lowest BCUT2D eigenvalue weighted by molar-refractivity contribution is -0.117. The van der Waals surface area contributed by atoms with Crippen LogP contribution >= 0.6 is 0 Å². The maximum Gasteiger partial charge on any atom is 0.307 e. The summed E-state index contributed by atoms with van der Waals surface area (Å²) in [6, 6.07) is 1.12. The highest BCUT2D eigenvalue weighted by molar-refractivity contribution is 7.87. The number of aryl methyl sites for hydroxylation is 1. The molecule has 1 aliphatic rings. The van der Waals surface area contributed by atoms with Crippen molar-refractivity contribution in [1.29, 1.82) is 0 Å². The van der Waals surface area contributed by atoms with Gasteiger partial charge in [0.05, 0.1) is 11.9 Å². The van der Waals surface area contributed by atoms with Crippen LogP contribution in [0.1, 0.15) is 12.0 Å². The Morgan fingerprint density at radius 3 is 2.67 bits per heavy atom. The van der Waals surface area contributed by atoms with Crippen LogP contribution in [0.3, 0.4) is 0 Å². The van der Waals surface area contributed by atoms with E-state index in [9.17, 15) is 21.5 Å². The minimum atomic E-state index is -4.75. The monoisotopic (exact) mass is 276 g/mol. The normalized spacial score (nSPS) is 20.5. The van der Waals surface area contributed by atoms with Crippen LogP contribution in [0, 0.1) is 12.9 Å². The van der Waals surface area contributed by atoms with Crippen LogP contribution in [-0.4, -0.2) is 31.1 Å². The third-order valence-corrected chi connectivity index (χ3v) is 3.94. The minimum absolute atomic E-state index is 0.272. The molecule has 0 bridgehead atoms. The Morgan fingerprint density at radius 2 is 2.17 bits per heavy atom. The van der Waals surface area contributed by atoms with E-state index in [0.29, 0.717) is 11.3 Å². The zero-order valence-corrected chi connectivity index (χ0v) is 10.2. The van der Waals surface area contributed by atoms with Crippen molar-refractivity contribution < 1.29 is 21.5 Å². The first kappa shape index (κ1) is 12.9. The molecule has 8 heteroatoms. The SMILES string of the molecule is Cc1cc(F)ncc1N1CC(S(=O)(=O)F)CC1=O. The fourth-order valence-corrected chi connectivity index (χ4v) is 2.56. The highest BCUT2D eigenvalue weighted by Gasteiger charge is 2.39. The first-order chi connectivity index (χ1) is 8.29. The maximum atomic E-state index is 12.8. The number of pyridine rings is 1. The van der Waals surface area contributed by atoms with E-state index in [1.54, 1.807) is 6.92 Å². The minimum Gasteiger partial charge on any atom is -0.309 e. The number of aromatic nitrogens is 1. The van der Waals surface area contributed by atoms with Gasteiger partial charge in [-0.2, -0.15) is 12.8 Å². The third kappa shape index (κ3) is 2.33. The number of rotatable bonds is 2. The van der Waals surface area contributed by atoms with Gasteiger partial charge in [-0.1, -0.05) is 0 Å². The highest BCUT2D eigenvalue weighted by Crippen LogP contribution is 2.27. The molecule has 0 saturated carbocycles. The summed E-state index contributed by atoms with van der Waals surface area (Å²) in [6.45, 7) is 1.29. The molecule has 1 fully saturated rings. The van der Waals surface area contributed by atoms with Crippen molar-refractivity contribution in [3.8, 4) is 0 Å². The predicted octanol–water partition coefficient (Wildman–Crippen LogP) is 0.934. The predicted molar refractivity (Wildman–Crippen MR) is 59.7 cm³/mol. The van der Waals surface area contributed by atoms with Crippen LogP contribution in [0.5, 0.6) is 0 Å². The standard InChI is InChI=1S/C10H10F2N2O3S/c1-6-2-9(11)13-4-8(6)14-5-7(3-10(14)15)18(12,16)17/h2,4,7H,3,5H2,1H3.